The van der Waals surface area contributed by atoms with Gasteiger partial charge in [-0.1, -0.05) is 29.8 Å². The number of fused-ring (bicyclic) bond motifs is 1. The first-order valence-corrected chi connectivity index (χ1v) is 8.10. The minimum absolute atomic E-state index is 0.322. The lowest BCUT2D eigenvalue weighted by molar-refractivity contribution is 0.471. The van der Waals surface area contributed by atoms with Gasteiger partial charge in [0.15, 0.2) is 0 Å². The van der Waals surface area contributed by atoms with Crippen molar-refractivity contribution in [2.24, 2.45) is 0 Å². The first-order valence-electron chi connectivity index (χ1n) is 6.49. The second-order valence-electron chi connectivity index (χ2n) is 4.13. The van der Waals surface area contributed by atoms with E-state index in [1.807, 2.05) is 45.0 Å². The number of nitrogens with zero attached hydrogens (tertiary/aromatic N) is 1. The molecule has 0 saturated heterocycles. The van der Waals surface area contributed by atoms with Gasteiger partial charge in [0.05, 0.1) is 10.2 Å². The molecule has 20 heavy (non-hydrogen) atoms. The van der Waals surface area contributed by atoms with Gasteiger partial charge in [0.2, 0.25) is 0 Å². The van der Waals surface area contributed by atoms with Crippen LogP contribution in [0.25, 0.3) is 20.8 Å². The summed E-state index contributed by atoms with van der Waals surface area (Å²) in [6, 6.07) is 11.6. The van der Waals surface area contributed by atoms with Crippen molar-refractivity contribution in [3.8, 4) is 16.3 Å². The normalized spacial score (nSPS) is 10.2. The predicted octanol–water partition coefficient (Wildman–Crippen LogP) is 5.77. The van der Waals surface area contributed by atoms with E-state index in [0.29, 0.717) is 5.75 Å². The van der Waals surface area contributed by atoms with Crippen molar-refractivity contribution >= 4 is 37.5 Å². The van der Waals surface area contributed by atoms with Gasteiger partial charge in [0.1, 0.15) is 10.8 Å². The van der Waals surface area contributed by atoms with E-state index in [2.05, 4.69) is 27.0 Å². The maximum absolute atomic E-state index is 9.54. The van der Waals surface area contributed by atoms with Crippen LogP contribution in [0.15, 0.2) is 40.9 Å². The van der Waals surface area contributed by atoms with Gasteiger partial charge in [-0.25, -0.2) is 4.98 Å². The Hall–Kier alpha value is -1.39. The molecule has 0 aliphatic heterocycles. The van der Waals surface area contributed by atoms with Gasteiger partial charge in [0, 0.05) is 10.0 Å². The summed E-state index contributed by atoms with van der Waals surface area (Å²) in [4.78, 5) is 4.61. The fourth-order valence-corrected chi connectivity index (χ4v) is 3.32. The van der Waals surface area contributed by atoms with Crippen molar-refractivity contribution in [2.45, 2.75) is 20.8 Å². The zero-order valence-corrected chi connectivity index (χ0v) is 14.0. The molecule has 0 spiro atoms. The number of thiazole rings is 1. The minimum Gasteiger partial charge on any atom is -0.508 e. The highest BCUT2D eigenvalue weighted by atomic mass is 79.9. The molecule has 0 amide bonds. The molecule has 0 bridgehead atoms. The van der Waals surface area contributed by atoms with E-state index in [4.69, 9.17) is 0 Å². The molecule has 2 nitrogen and oxygen atoms in total. The largest absolute Gasteiger partial charge is 0.508 e. The second-order valence-corrected chi connectivity index (χ2v) is 6.08. The van der Waals surface area contributed by atoms with Crippen LogP contribution < -0.4 is 0 Å². The van der Waals surface area contributed by atoms with Gasteiger partial charge in [-0.3, -0.25) is 0 Å². The van der Waals surface area contributed by atoms with Gasteiger partial charge < -0.3 is 5.11 Å². The Kier molecular flexibility index (Phi) is 4.78. The molecule has 0 unspecified atom stereocenters. The number of aromatic hydroxyl groups is 1. The topological polar surface area (TPSA) is 33.1 Å². The molecule has 0 atom stereocenters. The molecule has 3 aromatic rings. The van der Waals surface area contributed by atoms with Crippen LogP contribution in [-0.4, -0.2) is 10.1 Å². The van der Waals surface area contributed by atoms with Crippen LogP contribution in [0.4, 0.5) is 0 Å². The van der Waals surface area contributed by atoms with E-state index < -0.39 is 0 Å². The Morgan fingerprint density at radius 2 is 1.85 bits per heavy atom. The minimum atomic E-state index is 0.322. The van der Waals surface area contributed by atoms with E-state index >= 15 is 0 Å². The molecule has 3 rings (SSSR count). The smallest absolute Gasteiger partial charge is 0.124 e. The van der Waals surface area contributed by atoms with Crippen LogP contribution in [0.1, 0.15) is 19.4 Å². The summed E-state index contributed by atoms with van der Waals surface area (Å²) >= 11 is 5.12. The Morgan fingerprint density at radius 1 is 1.10 bits per heavy atom. The molecule has 2 aromatic carbocycles. The number of benzene rings is 2. The SMILES string of the molecule is CC.Cc1cc(-c2nc3ccc(Br)cc3s2)ccc1O. The quantitative estimate of drug-likeness (QED) is 0.605. The third-order valence-corrected chi connectivity index (χ3v) is 4.35. The molecule has 0 saturated carbocycles. The molecule has 1 heterocycles. The number of aryl methyl sites for hydroxylation is 1. The van der Waals surface area contributed by atoms with Gasteiger partial charge in [0.25, 0.3) is 0 Å². The predicted molar refractivity (Wildman–Crippen MR) is 90.5 cm³/mol. The molecular weight excluding hydrogens is 334 g/mol. The van der Waals surface area contributed by atoms with Crippen molar-refractivity contribution in [1.29, 1.82) is 0 Å². The standard InChI is InChI=1S/C14H10BrNOS.C2H6/c1-8-6-9(2-5-12(8)17)14-16-11-4-3-10(15)7-13(11)18-14;1-2/h2-7,17H,1H3;1-2H3. The lowest BCUT2D eigenvalue weighted by Crippen LogP contribution is -1.79. The fraction of sp³-hybridized carbons (Fsp3) is 0.188. The number of hydrogen-bond donors (Lipinski definition) is 1. The Morgan fingerprint density at radius 3 is 2.55 bits per heavy atom. The van der Waals surface area contributed by atoms with E-state index in [-0.39, 0.29) is 0 Å². The summed E-state index contributed by atoms with van der Waals surface area (Å²) in [5.74, 6) is 0.322. The van der Waals surface area contributed by atoms with Gasteiger partial charge in [-0.15, -0.1) is 11.3 Å². The monoisotopic (exact) mass is 349 g/mol. The molecule has 1 aromatic heterocycles. The highest BCUT2D eigenvalue weighted by Gasteiger charge is 2.07. The zero-order valence-electron chi connectivity index (χ0n) is 11.6. The molecule has 104 valence electrons. The van der Waals surface area contributed by atoms with Crippen LogP contribution >= 0.6 is 27.3 Å². The molecule has 0 aliphatic carbocycles. The molecular formula is C16H16BrNOS. The van der Waals surface area contributed by atoms with Crippen LogP contribution in [-0.2, 0) is 0 Å². The maximum Gasteiger partial charge on any atom is 0.124 e. The third kappa shape index (κ3) is 3.02. The number of aromatic nitrogens is 1. The maximum atomic E-state index is 9.54. The molecule has 0 aliphatic rings. The third-order valence-electron chi connectivity index (χ3n) is 2.79. The first-order chi connectivity index (χ1) is 9.63. The van der Waals surface area contributed by atoms with Crippen LogP contribution in [0.3, 0.4) is 0 Å². The van der Waals surface area contributed by atoms with E-state index in [1.54, 1.807) is 17.4 Å². The summed E-state index contributed by atoms with van der Waals surface area (Å²) in [6.07, 6.45) is 0. The molecule has 4 heteroatoms. The zero-order chi connectivity index (χ0) is 14.7. The lowest BCUT2D eigenvalue weighted by Gasteiger charge is -2.00. The summed E-state index contributed by atoms with van der Waals surface area (Å²) < 4.78 is 2.22. The number of rotatable bonds is 1. The van der Waals surface area contributed by atoms with Crippen molar-refractivity contribution in [3.05, 3.63) is 46.4 Å². The van der Waals surface area contributed by atoms with E-state index in [1.165, 1.54) is 0 Å². The first kappa shape index (κ1) is 15.0. The Balaban J connectivity index is 0.000000704. The van der Waals surface area contributed by atoms with Crippen molar-refractivity contribution < 1.29 is 5.11 Å². The van der Waals surface area contributed by atoms with Crippen LogP contribution in [0.2, 0.25) is 0 Å². The van der Waals surface area contributed by atoms with Crippen molar-refractivity contribution in [1.82, 2.24) is 4.98 Å². The van der Waals surface area contributed by atoms with Crippen molar-refractivity contribution in [3.63, 3.8) is 0 Å². The second kappa shape index (κ2) is 6.37. The Labute approximate surface area is 131 Å². The summed E-state index contributed by atoms with van der Waals surface area (Å²) in [5, 5.41) is 10.5. The van der Waals surface area contributed by atoms with Gasteiger partial charge in [-0.2, -0.15) is 0 Å². The average molecular weight is 350 g/mol. The number of phenols is 1. The fourth-order valence-electron chi connectivity index (χ4n) is 1.81. The van der Waals surface area contributed by atoms with E-state index in [9.17, 15) is 5.11 Å². The Bertz CT molecular complexity index is 736. The summed E-state index contributed by atoms with van der Waals surface area (Å²) in [7, 11) is 0. The van der Waals surface area contributed by atoms with Crippen molar-refractivity contribution in [2.75, 3.05) is 0 Å². The number of phenolic OH excluding ortho intramolecular Hbond substituents is 1. The number of hydrogen-bond acceptors (Lipinski definition) is 3. The summed E-state index contributed by atoms with van der Waals surface area (Å²) in [5.41, 5.74) is 2.92. The van der Waals surface area contributed by atoms with Crippen LogP contribution in [0.5, 0.6) is 5.75 Å². The molecule has 0 fully saturated rings. The summed E-state index contributed by atoms with van der Waals surface area (Å²) in [6.45, 7) is 5.89. The van der Waals surface area contributed by atoms with Crippen LogP contribution in [0, 0.1) is 6.92 Å². The highest BCUT2D eigenvalue weighted by Crippen LogP contribution is 2.33. The molecule has 1 N–H and O–H groups in total. The lowest BCUT2D eigenvalue weighted by atomic mass is 10.1. The number of halogens is 1. The average Bonchev–Trinajstić information content (AvgIpc) is 2.87. The van der Waals surface area contributed by atoms with E-state index in [0.717, 1.165) is 30.8 Å². The highest BCUT2D eigenvalue weighted by molar-refractivity contribution is 9.10. The van der Waals surface area contributed by atoms with Gasteiger partial charge in [-0.05, 0) is 48.9 Å². The molecule has 0 radical (unpaired) electrons. The van der Waals surface area contributed by atoms with Gasteiger partial charge >= 0.3 is 0 Å².